The summed E-state index contributed by atoms with van der Waals surface area (Å²) >= 11 is 0. The molecule has 0 unspecified atom stereocenters. The first-order valence-electron chi connectivity index (χ1n) is 6.78. The van der Waals surface area contributed by atoms with E-state index in [0.717, 1.165) is 5.56 Å². The van der Waals surface area contributed by atoms with E-state index in [2.05, 4.69) is 50.0 Å². The van der Waals surface area contributed by atoms with Gasteiger partial charge in [-0.1, -0.05) is 68.2 Å². The zero-order valence-corrected chi connectivity index (χ0v) is 13.0. The maximum absolute atomic E-state index is 9.51. The minimum atomic E-state index is -1.15. The minimum Gasteiger partial charge on any atom is -0.392 e. The zero-order valence-electron chi connectivity index (χ0n) is 12.0. The molecule has 0 saturated carbocycles. The Balaban J connectivity index is 2.50. The molecule has 1 N–H and O–H groups in total. The molecule has 100 valence electrons. The highest BCUT2D eigenvalue weighted by Gasteiger charge is 2.17. The van der Waals surface area contributed by atoms with E-state index in [1.54, 1.807) is 0 Å². The van der Waals surface area contributed by atoms with E-state index in [4.69, 9.17) is 0 Å². The van der Waals surface area contributed by atoms with Crippen LogP contribution in [0.2, 0.25) is 19.6 Å². The Bertz CT molecular complexity index is 555. The van der Waals surface area contributed by atoms with Crippen molar-refractivity contribution in [1.82, 2.24) is 0 Å². The average Bonchev–Trinajstić information content (AvgIpc) is 2.37. The van der Waals surface area contributed by atoms with Gasteiger partial charge in [-0.25, -0.2) is 0 Å². The molecule has 0 fully saturated rings. The second-order valence-corrected chi connectivity index (χ2v) is 11.7. The van der Waals surface area contributed by atoms with E-state index in [9.17, 15) is 5.11 Å². The van der Waals surface area contributed by atoms with Gasteiger partial charge in [0.2, 0.25) is 0 Å². The third-order valence-corrected chi connectivity index (χ3v) is 4.66. The van der Waals surface area contributed by atoms with Crippen molar-refractivity contribution in [3.05, 3.63) is 59.7 Å². The number of aliphatic hydroxyl groups excluding tert-OH is 1. The number of aliphatic hydroxyl groups is 1. The normalized spacial score (nSPS) is 11.6. The largest absolute Gasteiger partial charge is 0.392 e. The van der Waals surface area contributed by atoms with Crippen LogP contribution in [0.15, 0.2) is 48.5 Å². The maximum atomic E-state index is 9.51. The lowest BCUT2D eigenvalue weighted by molar-refractivity contribution is 0.282. The van der Waals surface area contributed by atoms with Gasteiger partial charge in [0.25, 0.3) is 0 Å². The average molecular weight is 270 g/mol. The Morgan fingerprint density at radius 3 is 1.79 bits per heavy atom. The third kappa shape index (κ3) is 3.55. The van der Waals surface area contributed by atoms with Crippen LogP contribution in [0, 0.1) is 0 Å². The molecule has 0 amide bonds. The van der Waals surface area contributed by atoms with Gasteiger partial charge in [0, 0.05) is 8.07 Å². The van der Waals surface area contributed by atoms with Crippen molar-refractivity contribution in [2.45, 2.75) is 32.3 Å². The molecule has 0 bridgehead atoms. The zero-order chi connectivity index (χ0) is 13.9. The molecule has 2 heteroatoms. The molecule has 0 aliphatic heterocycles. The Kier molecular flexibility index (Phi) is 4.23. The van der Waals surface area contributed by atoms with Crippen LogP contribution in [0.3, 0.4) is 0 Å². The lowest BCUT2D eigenvalue weighted by Gasteiger charge is -2.19. The van der Waals surface area contributed by atoms with E-state index in [1.807, 2.05) is 18.2 Å². The van der Waals surface area contributed by atoms with Crippen LogP contribution in [0.5, 0.6) is 0 Å². The smallest absolute Gasteiger partial charge is 0.0687 e. The van der Waals surface area contributed by atoms with Gasteiger partial charge < -0.3 is 5.11 Å². The highest BCUT2D eigenvalue weighted by atomic mass is 28.3. The second-order valence-electron chi connectivity index (χ2n) is 6.21. The number of rotatable bonds is 4. The summed E-state index contributed by atoms with van der Waals surface area (Å²) in [5.74, 6) is 0. The van der Waals surface area contributed by atoms with Crippen molar-refractivity contribution >= 4 is 8.07 Å². The van der Waals surface area contributed by atoms with Gasteiger partial charge in [-0.15, -0.1) is 0 Å². The van der Waals surface area contributed by atoms with Gasteiger partial charge in [-0.3, -0.25) is 0 Å². The van der Waals surface area contributed by atoms with Gasteiger partial charge in [0.15, 0.2) is 0 Å². The molecule has 0 aromatic heterocycles. The van der Waals surface area contributed by atoms with Crippen LogP contribution >= 0.6 is 0 Å². The molecular weight excluding hydrogens is 248 g/mol. The summed E-state index contributed by atoms with van der Waals surface area (Å²) in [6.07, 6.45) is 0. The highest BCUT2D eigenvalue weighted by Crippen LogP contribution is 2.29. The van der Waals surface area contributed by atoms with Crippen molar-refractivity contribution < 1.29 is 5.11 Å². The van der Waals surface area contributed by atoms with Gasteiger partial charge >= 0.3 is 0 Å². The molecule has 0 spiro atoms. The first-order valence-corrected chi connectivity index (χ1v) is 10.5. The third-order valence-electron chi connectivity index (χ3n) is 3.22. The SMILES string of the molecule is C[Si](C)(C)Cc1ccccc1-c1ccccc1CO. The molecule has 19 heavy (non-hydrogen) atoms. The quantitative estimate of drug-likeness (QED) is 0.823. The standard InChI is InChI=1S/C17H22OSi/c1-19(2,3)13-15-9-5-7-11-17(15)16-10-6-4-8-14(16)12-18/h4-11,18H,12-13H2,1-3H3. The molecule has 0 saturated heterocycles. The van der Waals surface area contributed by atoms with Crippen molar-refractivity contribution in [3.8, 4) is 11.1 Å². The van der Waals surface area contributed by atoms with E-state index in [-0.39, 0.29) is 6.61 Å². The van der Waals surface area contributed by atoms with Gasteiger partial charge in [0.1, 0.15) is 0 Å². The summed E-state index contributed by atoms with van der Waals surface area (Å²) in [5.41, 5.74) is 4.85. The number of hydrogen-bond donors (Lipinski definition) is 1. The molecule has 0 aliphatic rings. The van der Waals surface area contributed by atoms with Gasteiger partial charge in [0.05, 0.1) is 6.61 Å². The predicted molar refractivity (Wildman–Crippen MR) is 84.9 cm³/mol. The number of benzene rings is 2. The summed E-state index contributed by atoms with van der Waals surface area (Å²) in [6.45, 7) is 7.27. The highest BCUT2D eigenvalue weighted by molar-refractivity contribution is 6.75. The van der Waals surface area contributed by atoms with E-state index >= 15 is 0 Å². The van der Waals surface area contributed by atoms with Crippen molar-refractivity contribution in [2.24, 2.45) is 0 Å². The summed E-state index contributed by atoms with van der Waals surface area (Å²) in [5, 5.41) is 9.51. The molecule has 0 heterocycles. The topological polar surface area (TPSA) is 20.2 Å². The monoisotopic (exact) mass is 270 g/mol. The molecular formula is C17H22OSi. The first-order chi connectivity index (χ1) is 9.01. The number of hydrogen-bond acceptors (Lipinski definition) is 1. The summed E-state index contributed by atoms with van der Waals surface area (Å²) in [4.78, 5) is 0. The van der Waals surface area contributed by atoms with Crippen LogP contribution in [0.4, 0.5) is 0 Å². The lowest BCUT2D eigenvalue weighted by Crippen LogP contribution is -2.24. The molecule has 2 aromatic rings. The molecule has 0 aliphatic carbocycles. The first kappa shape index (κ1) is 14.0. The lowest BCUT2D eigenvalue weighted by atomic mass is 9.96. The van der Waals surface area contributed by atoms with Crippen LogP contribution < -0.4 is 0 Å². The Morgan fingerprint density at radius 2 is 1.26 bits per heavy atom. The second kappa shape index (κ2) is 5.72. The Labute approximate surface area is 116 Å². The molecule has 0 atom stereocenters. The van der Waals surface area contributed by atoms with Crippen LogP contribution in [0.1, 0.15) is 11.1 Å². The molecule has 2 aromatic carbocycles. The Hall–Kier alpha value is -1.38. The molecule has 1 nitrogen and oxygen atoms in total. The molecule has 2 rings (SSSR count). The van der Waals surface area contributed by atoms with Crippen LogP contribution in [-0.2, 0) is 12.7 Å². The summed E-state index contributed by atoms with van der Waals surface area (Å²) in [6, 6.07) is 17.9. The van der Waals surface area contributed by atoms with Crippen molar-refractivity contribution in [1.29, 1.82) is 0 Å². The van der Waals surface area contributed by atoms with Crippen LogP contribution in [-0.4, -0.2) is 13.2 Å². The molecule has 0 radical (unpaired) electrons. The van der Waals surface area contributed by atoms with E-state index < -0.39 is 8.07 Å². The maximum Gasteiger partial charge on any atom is 0.0687 e. The fourth-order valence-electron chi connectivity index (χ4n) is 2.43. The van der Waals surface area contributed by atoms with Crippen molar-refractivity contribution in [2.75, 3.05) is 0 Å². The van der Waals surface area contributed by atoms with Crippen molar-refractivity contribution in [3.63, 3.8) is 0 Å². The summed E-state index contributed by atoms with van der Waals surface area (Å²) < 4.78 is 0. The van der Waals surface area contributed by atoms with Gasteiger partial charge in [-0.05, 0) is 28.3 Å². The minimum absolute atomic E-state index is 0.0947. The predicted octanol–water partition coefficient (Wildman–Crippen LogP) is 4.27. The fourth-order valence-corrected chi connectivity index (χ4v) is 3.88. The van der Waals surface area contributed by atoms with E-state index in [1.165, 1.54) is 22.7 Å². The van der Waals surface area contributed by atoms with Crippen LogP contribution in [0.25, 0.3) is 11.1 Å². The van der Waals surface area contributed by atoms with Gasteiger partial charge in [-0.2, -0.15) is 0 Å². The Morgan fingerprint density at radius 1 is 0.789 bits per heavy atom. The fraction of sp³-hybridized carbons (Fsp3) is 0.294. The summed E-state index contributed by atoms with van der Waals surface area (Å²) in [7, 11) is -1.15. The van der Waals surface area contributed by atoms with E-state index in [0.29, 0.717) is 0 Å².